The summed E-state index contributed by atoms with van der Waals surface area (Å²) in [6.07, 6.45) is 9.79. The number of piperidine rings is 1. The van der Waals surface area contributed by atoms with E-state index < -0.39 is 0 Å². The zero-order valence-electron chi connectivity index (χ0n) is 23.9. The van der Waals surface area contributed by atoms with Gasteiger partial charge in [0.1, 0.15) is 11.6 Å². The van der Waals surface area contributed by atoms with Crippen molar-refractivity contribution in [3.05, 3.63) is 48.0 Å². The molecule has 39 heavy (non-hydrogen) atoms. The second kappa shape index (κ2) is 11.2. The minimum absolute atomic E-state index is 0.0760. The maximum atomic E-state index is 13.5. The Labute approximate surface area is 232 Å². The lowest BCUT2D eigenvalue weighted by molar-refractivity contribution is -0.124. The monoisotopic (exact) mass is 529 g/mol. The van der Waals surface area contributed by atoms with Crippen LogP contribution in [0.5, 0.6) is 0 Å². The van der Waals surface area contributed by atoms with Crippen molar-refractivity contribution in [1.29, 1.82) is 0 Å². The number of hydrogen-bond acceptors (Lipinski definition) is 5. The molecule has 208 valence electrons. The van der Waals surface area contributed by atoms with Gasteiger partial charge in [0.2, 0.25) is 5.91 Å². The normalized spacial score (nSPS) is 22.6. The van der Waals surface area contributed by atoms with Crippen molar-refractivity contribution in [3.63, 3.8) is 0 Å². The number of ketones is 1. The molecule has 1 saturated heterocycles. The summed E-state index contributed by atoms with van der Waals surface area (Å²) >= 11 is 0. The van der Waals surface area contributed by atoms with Crippen molar-refractivity contribution in [3.8, 4) is 11.3 Å². The molecule has 1 aliphatic heterocycles. The number of fused-ring (bicyclic) bond motifs is 1. The highest BCUT2D eigenvalue weighted by Crippen LogP contribution is 2.61. The van der Waals surface area contributed by atoms with Crippen LogP contribution >= 0.6 is 0 Å². The largest absolute Gasteiger partial charge is 0.346 e. The lowest BCUT2D eigenvalue weighted by Crippen LogP contribution is -2.48. The van der Waals surface area contributed by atoms with E-state index in [2.05, 4.69) is 52.6 Å². The van der Waals surface area contributed by atoms with Crippen molar-refractivity contribution >= 4 is 22.6 Å². The van der Waals surface area contributed by atoms with Gasteiger partial charge in [-0.2, -0.15) is 0 Å². The Bertz CT molecular complexity index is 1350. The number of amides is 1. The van der Waals surface area contributed by atoms with E-state index in [1.165, 1.54) is 0 Å². The van der Waals surface area contributed by atoms with Gasteiger partial charge in [0.05, 0.1) is 23.4 Å². The fourth-order valence-electron chi connectivity index (χ4n) is 6.50. The minimum Gasteiger partial charge on any atom is -0.346 e. The molecule has 3 heterocycles. The Morgan fingerprint density at radius 2 is 2.00 bits per heavy atom. The van der Waals surface area contributed by atoms with Gasteiger partial charge in [0, 0.05) is 40.9 Å². The summed E-state index contributed by atoms with van der Waals surface area (Å²) < 4.78 is 0. The van der Waals surface area contributed by atoms with Crippen LogP contribution in [0.1, 0.15) is 96.1 Å². The first kappa shape index (κ1) is 27.5. The van der Waals surface area contributed by atoms with E-state index in [1.54, 1.807) is 0 Å². The number of nitrogens with zero attached hydrogens (tertiary/aromatic N) is 2. The molecule has 1 spiro atoms. The van der Waals surface area contributed by atoms with Gasteiger partial charge in [-0.15, -0.1) is 0 Å². The number of hydrogen-bond donors (Lipinski definition) is 3. The van der Waals surface area contributed by atoms with E-state index in [-0.39, 0.29) is 28.8 Å². The van der Waals surface area contributed by atoms with Gasteiger partial charge in [0.25, 0.3) is 0 Å². The molecule has 3 atom stereocenters. The topological polar surface area (TPSA) is 99.8 Å². The van der Waals surface area contributed by atoms with Crippen LogP contribution in [0, 0.1) is 18.3 Å². The maximum Gasteiger partial charge on any atom is 0.224 e. The van der Waals surface area contributed by atoms with E-state index in [0.29, 0.717) is 18.6 Å². The van der Waals surface area contributed by atoms with Crippen LogP contribution in [0.2, 0.25) is 0 Å². The lowest BCUT2D eigenvalue weighted by Gasteiger charge is -2.37. The molecule has 2 aliphatic rings. The summed E-state index contributed by atoms with van der Waals surface area (Å²) in [6.45, 7) is 9.37. The first-order chi connectivity index (χ1) is 18.7. The summed E-state index contributed by atoms with van der Waals surface area (Å²) in [5.74, 6) is 1.35. The molecule has 1 saturated carbocycles. The van der Waals surface area contributed by atoms with Crippen molar-refractivity contribution in [2.45, 2.75) is 97.1 Å². The van der Waals surface area contributed by atoms with E-state index in [4.69, 9.17) is 4.98 Å². The Morgan fingerprint density at radius 3 is 2.79 bits per heavy atom. The van der Waals surface area contributed by atoms with E-state index in [9.17, 15) is 9.59 Å². The van der Waals surface area contributed by atoms with E-state index >= 15 is 0 Å². The van der Waals surface area contributed by atoms with Crippen molar-refractivity contribution < 1.29 is 9.59 Å². The number of imidazole rings is 1. The highest BCUT2D eigenvalue weighted by molar-refractivity contribution is 5.84. The number of aromatic amines is 1. The van der Waals surface area contributed by atoms with Gasteiger partial charge < -0.3 is 15.6 Å². The molecule has 0 radical (unpaired) electrons. The highest BCUT2D eigenvalue weighted by atomic mass is 16.2. The Hall–Kier alpha value is -3.06. The molecule has 1 aliphatic carbocycles. The van der Waals surface area contributed by atoms with Gasteiger partial charge in [0.15, 0.2) is 0 Å². The van der Waals surface area contributed by atoms with Crippen LogP contribution in [0.4, 0.5) is 0 Å². The van der Waals surface area contributed by atoms with Gasteiger partial charge in [-0.1, -0.05) is 31.9 Å². The summed E-state index contributed by atoms with van der Waals surface area (Å²) in [5.41, 5.74) is 4.17. The molecule has 3 aromatic rings. The van der Waals surface area contributed by atoms with Crippen LogP contribution in [-0.2, 0) is 9.59 Å². The minimum atomic E-state index is -0.176. The van der Waals surface area contributed by atoms with Crippen LogP contribution in [0.15, 0.2) is 36.5 Å². The van der Waals surface area contributed by atoms with Crippen LogP contribution < -0.4 is 10.6 Å². The number of carbonyl (C=O) groups is 2. The quantitative estimate of drug-likeness (QED) is 0.257. The molecular formula is C32H43N5O2. The number of unbranched alkanes of at least 4 members (excludes halogenated alkanes) is 2. The highest BCUT2D eigenvalue weighted by Gasteiger charge is 2.60. The fraction of sp³-hybridized carbons (Fsp3) is 0.562. The van der Waals surface area contributed by atoms with Gasteiger partial charge in [-0.3, -0.25) is 14.6 Å². The molecule has 1 amide bonds. The number of rotatable bonds is 11. The number of benzene rings is 1. The molecule has 2 aromatic heterocycles. The second-order valence-corrected chi connectivity index (χ2v) is 12.5. The molecule has 5 rings (SSSR count). The van der Waals surface area contributed by atoms with Crippen molar-refractivity contribution in [1.82, 2.24) is 25.6 Å². The van der Waals surface area contributed by atoms with Crippen LogP contribution in [0.25, 0.3) is 22.2 Å². The molecule has 7 nitrogen and oxygen atoms in total. The third-order valence-corrected chi connectivity index (χ3v) is 8.75. The van der Waals surface area contributed by atoms with Crippen LogP contribution in [-0.4, -0.2) is 38.7 Å². The number of H-pyrrole nitrogens is 1. The SMILES string of the molecule is CCC(=O)CCCCCC(NC(=O)C1CC12CCNC(C)(C)C2)c1ncc(-c2ccc3nc(C)ccc3c2)[nH]1. The molecule has 0 bridgehead atoms. The number of nitrogens with one attached hydrogen (secondary N) is 3. The molecule has 1 aromatic carbocycles. The molecule has 3 unspecified atom stereocenters. The first-order valence-corrected chi connectivity index (χ1v) is 14.7. The number of pyridine rings is 1. The molecule has 7 heteroatoms. The summed E-state index contributed by atoms with van der Waals surface area (Å²) in [5, 5.41) is 8.05. The van der Waals surface area contributed by atoms with Gasteiger partial charge >= 0.3 is 0 Å². The Kier molecular flexibility index (Phi) is 7.90. The maximum absolute atomic E-state index is 13.5. The lowest BCUT2D eigenvalue weighted by atomic mass is 9.80. The van der Waals surface area contributed by atoms with Crippen LogP contribution in [0.3, 0.4) is 0 Å². The Morgan fingerprint density at radius 1 is 1.15 bits per heavy atom. The predicted molar refractivity (Wildman–Crippen MR) is 155 cm³/mol. The second-order valence-electron chi connectivity index (χ2n) is 12.5. The van der Waals surface area contributed by atoms with Gasteiger partial charge in [-0.25, -0.2) is 4.98 Å². The third-order valence-electron chi connectivity index (χ3n) is 8.75. The number of aromatic nitrogens is 3. The number of aryl methyl sites for hydroxylation is 1. The van der Waals surface area contributed by atoms with Gasteiger partial charge in [-0.05, 0) is 83.0 Å². The summed E-state index contributed by atoms with van der Waals surface area (Å²) in [4.78, 5) is 38.1. The average molecular weight is 530 g/mol. The van der Waals surface area contributed by atoms with E-state index in [1.807, 2.05) is 32.2 Å². The van der Waals surface area contributed by atoms with E-state index in [0.717, 1.165) is 85.2 Å². The Balaban J connectivity index is 1.29. The smallest absolute Gasteiger partial charge is 0.224 e. The number of Topliss-reactive ketones (excluding diaryl/α,β-unsaturated/α-hetero) is 1. The standard InChI is InChI=1S/C32H43N5O2/c1-5-24(38)9-7-6-8-10-27(37-30(39)25-18-32(25)15-16-34-31(3,4)20-32)29-33-19-28(36-29)23-13-14-26-22(17-23)12-11-21(2)35-26/h11-14,17,19,25,27,34H,5-10,15-16,18,20H2,1-4H3,(H,33,36)(H,37,39). The van der Waals surface area contributed by atoms with Crippen molar-refractivity contribution in [2.24, 2.45) is 11.3 Å². The van der Waals surface area contributed by atoms with Crippen molar-refractivity contribution in [2.75, 3.05) is 6.54 Å². The fourth-order valence-corrected chi connectivity index (χ4v) is 6.50. The third kappa shape index (κ3) is 6.40. The molecule has 2 fully saturated rings. The number of carbonyl (C=O) groups excluding carboxylic acids is 2. The average Bonchev–Trinajstić information content (AvgIpc) is 3.35. The molecular weight excluding hydrogens is 486 g/mol. The first-order valence-electron chi connectivity index (χ1n) is 14.7. The predicted octanol–water partition coefficient (Wildman–Crippen LogP) is 6.19. The molecule has 3 N–H and O–H groups in total. The zero-order valence-corrected chi connectivity index (χ0v) is 23.9. The summed E-state index contributed by atoms with van der Waals surface area (Å²) in [7, 11) is 0. The summed E-state index contributed by atoms with van der Waals surface area (Å²) in [6, 6.07) is 10.2. The zero-order chi connectivity index (χ0) is 27.6.